The summed E-state index contributed by atoms with van der Waals surface area (Å²) in [7, 11) is 0. The van der Waals surface area contributed by atoms with Crippen LogP contribution in [-0.4, -0.2) is 22.8 Å². The predicted octanol–water partition coefficient (Wildman–Crippen LogP) is 2.53. The first kappa shape index (κ1) is 9.05. The normalized spacial score (nSPS) is 46.0. The van der Waals surface area contributed by atoms with Gasteiger partial charge in [0, 0.05) is 4.43 Å². The highest BCUT2D eigenvalue weighted by Gasteiger charge is 2.73. The Hall–Kier alpha value is 0.480. The number of hydrogen-bond acceptors (Lipinski definition) is 1. The molecule has 0 spiro atoms. The smallest absolute Gasteiger partial charge is 0.373 e. The topological polar surface area (TPSA) is 9.23 Å². The van der Waals surface area contributed by atoms with Crippen molar-refractivity contribution in [1.82, 2.24) is 0 Å². The van der Waals surface area contributed by atoms with Crippen LogP contribution in [0.1, 0.15) is 12.8 Å². The van der Waals surface area contributed by atoms with Crippen LogP contribution in [0.3, 0.4) is 0 Å². The highest BCUT2D eigenvalue weighted by molar-refractivity contribution is 14.1. The Labute approximate surface area is 81.8 Å². The molecule has 0 N–H and O–H groups in total. The van der Waals surface area contributed by atoms with Gasteiger partial charge in [0.05, 0.1) is 17.6 Å². The second kappa shape index (κ2) is 2.29. The fourth-order valence-electron chi connectivity index (χ4n) is 2.09. The molecule has 0 atom stereocenters. The van der Waals surface area contributed by atoms with E-state index in [2.05, 4.69) is 22.6 Å². The highest BCUT2D eigenvalue weighted by Crippen LogP contribution is 2.65. The first-order valence-electron chi connectivity index (χ1n) is 3.70. The number of fused-ring (bicyclic) bond motifs is 1. The van der Waals surface area contributed by atoms with Crippen LogP contribution in [-0.2, 0) is 4.74 Å². The van der Waals surface area contributed by atoms with E-state index in [4.69, 9.17) is 4.74 Å². The standard InChI is InChI=1S/C7H8F3IO/c8-7(9,10)5-1-6(2-5,3-11)12-4-5/h1-4H2. The lowest BCUT2D eigenvalue weighted by Crippen LogP contribution is -2.53. The molecule has 2 aliphatic heterocycles. The van der Waals surface area contributed by atoms with E-state index in [1.54, 1.807) is 0 Å². The van der Waals surface area contributed by atoms with E-state index >= 15 is 0 Å². The number of rotatable bonds is 1. The van der Waals surface area contributed by atoms with E-state index in [1.807, 2.05) is 0 Å². The molecule has 0 aromatic carbocycles. The Morgan fingerprint density at radius 2 is 1.92 bits per heavy atom. The molecule has 3 rings (SSSR count). The summed E-state index contributed by atoms with van der Waals surface area (Å²) in [4.78, 5) is 0. The van der Waals surface area contributed by atoms with Gasteiger partial charge >= 0.3 is 6.18 Å². The Morgan fingerprint density at radius 1 is 1.33 bits per heavy atom. The zero-order valence-electron chi connectivity index (χ0n) is 6.25. The Bertz CT molecular complexity index is 207. The van der Waals surface area contributed by atoms with Gasteiger partial charge in [0.15, 0.2) is 0 Å². The van der Waals surface area contributed by atoms with E-state index in [-0.39, 0.29) is 19.4 Å². The fraction of sp³-hybridized carbons (Fsp3) is 1.00. The van der Waals surface area contributed by atoms with Crippen molar-refractivity contribution in [2.75, 3.05) is 11.0 Å². The molecular formula is C7H8F3IO. The minimum Gasteiger partial charge on any atom is -0.373 e. The zero-order valence-corrected chi connectivity index (χ0v) is 8.41. The fourth-order valence-corrected chi connectivity index (χ4v) is 2.85. The number of halogens is 4. The molecule has 3 fully saturated rings. The third-order valence-electron chi connectivity index (χ3n) is 2.82. The summed E-state index contributed by atoms with van der Waals surface area (Å²) in [6.45, 7) is -0.125. The molecule has 1 aliphatic carbocycles. The molecule has 1 nitrogen and oxygen atoms in total. The van der Waals surface area contributed by atoms with Crippen molar-refractivity contribution in [1.29, 1.82) is 0 Å². The van der Waals surface area contributed by atoms with Gasteiger partial charge in [0.2, 0.25) is 0 Å². The minimum atomic E-state index is -4.07. The molecule has 2 saturated heterocycles. The number of alkyl halides is 4. The molecule has 12 heavy (non-hydrogen) atoms. The summed E-state index contributed by atoms with van der Waals surface area (Å²) >= 11 is 2.09. The second-order valence-corrected chi connectivity index (χ2v) is 4.50. The van der Waals surface area contributed by atoms with E-state index in [0.717, 1.165) is 0 Å². The van der Waals surface area contributed by atoms with Crippen LogP contribution < -0.4 is 0 Å². The van der Waals surface area contributed by atoms with E-state index in [1.165, 1.54) is 0 Å². The van der Waals surface area contributed by atoms with Crippen LogP contribution in [0.4, 0.5) is 13.2 Å². The van der Waals surface area contributed by atoms with Gasteiger partial charge in [0.1, 0.15) is 0 Å². The van der Waals surface area contributed by atoms with Crippen LogP contribution in [0.5, 0.6) is 0 Å². The van der Waals surface area contributed by atoms with Gasteiger partial charge < -0.3 is 4.74 Å². The van der Waals surface area contributed by atoms with Crippen LogP contribution >= 0.6 is 22.6 Å². The summed E-state index contributed by atoms with van der Waals surface area (Å²) in [6.07, 6.45) is -3.72. The van der Waals surface area contributed by atoms with Gasteiger partial charge in [-0.1, -0.05) is 22.6 Å². The quantitative estimate of drug-likeness (QED) is 0.533. The molecule has 0 aromatic heterocycles. The van der Waals surface area contributed by atoms with Gasteiger partial charge in [-0.25, -0.2) is 0 Å². The molecule has 2 heterocycles. The SMILES string of the molecule is FC(F)(F)C12COC(CI)(C1)C2. The maximum absolute atomic E-state index is 12.4. The molecule has 2 bridgehead atoms. The highest BCUT2D eigenvalue weighted by atomic mass is 127. The number of hydrogen-bond donors (Lipinski definition) is 0. The molecule has 0 unspecified atom stereocenters. The van der Waals surface area contributed by atoms with Crippen molar-refractivity contribution in [2.45, 2.75) is 24.6 Å². The third kappa shape index (κ3) is 0.950. The Morgan fingerprint density at radius 3 is 2.17 bits per heavy atom. The third-order valence-corrected chi connectivity index (χ3v) is 4.21. The van der Waals surface area contributed by atoms with Gasteiger partial charge in [-0.15, -0.1) is 0 Å². The van der Waals surface area contributed by atoms with Crippen molar-refractivity contribution in [2.24, 2.45) is 5.41 Å². The van der Waals surface area contributed by atoms with Crippen molar-refractivity contribution in [3.05, 3.63) is 0 Å². The molecule has 0 radical (unpaired) electrons. The lowest BCUT2D eigenvalue weighted by Gasteiger charge is -2.44. The zero-order chi connectivity index (χ0) is 9.04. The van der Waals surface area contributed by atoms with Gasteiger partial charge in [-0.2, -0.15) is 13.2 Å². The molecule has 3 aliphatic rings. The molecule has 1 saturated carbocycles. The van der Waals surface area contributed by atoms with E-state index in [0.29, 0.717) is 4.43 Å². The Balaban J connectivity index is 2.14. The Kier molecular flexibility index (Phi) is 1.73. The molecule has 0 aromatic rings. The average molecular weight is 292 g/mol. The van der Waals surface area contributed by atoms with Gasteiger partial charge in [0.25, 0.3) is 0 Å². The summed E-state index contributed by atoms with van der Waals surface area (Å²) < 4.78 is 43.1. The van der Waals surface area contributed by atoms with E-state index < -0.39 is 17.2 Å². The van der Waals surface area contributed by atoms with E-state index in [9.17, 15) is 13.2 Å². The summed E-state index contributed by atoms with van der Waals surface area (Å²) in [5, 5.41) is 0. The average Bonchev–Trinajstić information content (AvgIpc) is 2.37. The van der Waals surface area contributed by atoms with Crippen LogP contribution in [0.2, 0.25) is 0 Å². The summed E-state index contributed by atoms with van der Waals surface area (Å²) in [6, 6.07) is 0. The van der Waals surface area contributed by atoms with Crippen molar-refractivity contribution >= 4 is 22.6 Å². The van der Waals surface area contributed by atoms with Crippen LogP contribution in [0.15, 0.2) is 0 Å². The molecule has 70 valence electrons. The van der Waals surface area contributed by atoms with Gasteiger partial charge in [-0.3, -0.25) is 0 Å². The maximum atomic E-state index is 12.4. The number of ether oxygens (including phenoxy) is 1. The van der Waals surface area contributed by atoms with Crippen molar-refractivity contribution in [3.63, 3.8) is 0 Å². The summed E-state index contributed by atoms with van der Waals surface area (Å²) in [5.41, 5.74) is -1.92. The van der Waals surface area contributed by atoms with Crippen LogP contribution in [0.25, 0.3) is 0 Å². The lowest BCUT2D eigenvalue weighted by molar-refractivity contribution is -0.241. The van der Waals surface area contributed by atoms with Gasteiger partial charge in [-0.05, 0) is 12.8 Å². The lowest BCUT2D eigenvalue weighted by atomic mass is 9.63. The van der Waals surface area contributed by atoms with Crippen molar-refractivity contribution < 1.29 is 17.9 Å². The monoisotopic (exact) mass is 292 g/mol. The molecule has 5 heteroatoms. The molecular weight excluding hydrogens is 284 g/mol. The predicted molar refractivity (Wildman–Crippen MR) is 45.3 cm³/mol. The minimum absolute atomic E-state index is 0.125. The first-order chi connectivity index (χ1) is 5.43. The summed E-state index contributed by atoms with van der Waals surface area (Å²) in [5.74, 6) is 0. The second-order valence-electron chi connectivity index (χ2n) is 3.74. The van der Waals surface area contributed by atoms with Crippen molar-refractivity contribution in [3.8, 4) is 0 Å². The maximum Gasteiger partial charge on any atom is 0.396 e. The molecule has 0 amide bonds. The van der Waals surface area contributed by atoms with Crippen LogP contribution in [0, 0.1) is 5.41 Å². The first-order valence-corrected chi connectivity index (χ1v) is 5.22. The largest absolute Gasteiger partial charge is 0.396 e.